The maximum atomic E-state index is 13.5. The number of amides is 1. The van der Waals surface area contributed by atoms with Crippen molar-refractivity contribution in [2.24, 2.45) is 0 Å². The molecule has 1 N–H and O–H groups in total. The van der Waals surface area contributed by atoms with Gasteiger partial charge in [0.1, 0.15) is 5.82 Å². The zero-order valence-corrected chi connectivity index (χ0v) is 13.2. The van der Waals surface area contributed by atoms with E-state index in [2.05, 4.69) is 5.32 Å². The van der Waals surface area contributed by atoms with E-state index in [4.69, 9.17) is 10.7 Å². The summed E-state index contributed by atoms with van der Waals surface area (Å²) in [5.41, 5.74) is -0.372. The van der Waals surface area contributed by atoms with Gasteiger partial charge in [0, 0.05) is 21.8 Å². The Balaban J connectivity index is 2.25. The first-order valence-corrected chi connectivity index (χ1v) is 9.08. The Bertz CT molecular complexity index is 654. The largest absolute Gasteiger partial charge is 0.347 e. The monoisotopic (exact) mass is 333 g/mol. The maximum absolute atomic E-state index is 13.5. The van der Waals surface area contributed by atoms with Crippen molar-refractivity contribution in [1.29, 1.82) is 0 Å². The molecule has 0 bridgehead atoms. The van der Waals surface area contributed by atoms with Crippen LogP contribution in [-0.4, -0.2) is 19.9 Å². The number of carbonyl (C=O) groups is 1. The van der Waals surface area contributed by atoms with Crippen LogP contribution >= 0.6 is 10.7 Å². The van der Waals surface area contributed by atoms with Gasteiger partial charge in [0.25, 0.3) is 15.0 Å². The third-order valence-corrected chi connectivity index (χ3v) is 5.12. The first-order chi connectivity index (χ1) is 9.70. The summed E-state index contributed by atoms with van der Waals surface area (Å²) in [6.45, 7) is 1.95. The second-order valence-electron chi connectivity index (χ2n) is 5.69. The lowest BCUT2D eigenvalue weighted by atomic mass is 9.83. The first kappa shape index (κ1) is 16.2. The van der Waals surface area contributed by atoms with Crippen molar-refractivity contribution >= 4 is 25.6 Å². The highest BCUT2D eigenvalue weighted by Crippen LogP contribution is 2.28. The van der Waals surface area contributed by atoms with Gasteiger partial charge >= 0.3 is 0 Å². The molecule has 4 nitrogen and oxygen atoms in total. The van der Waals surface area contributed by atoms with E-state index >= 15 is 0 Å². The van der Waals surface area contributed by atoms with Crippen molar-refractivity contribution in [2.45, 2.75) is 49.5 Å². The molecule has 1 aliphatic rings. The van der Waals surface area contributed by atoms with Crippen molar-refractivity contribution in [3.05, 3.63) is 29.6 Å². The topological polar surface area (TPSA) is 63.2 Å². The summed E-state index contributed by atoms with van der Waals surface area (Å²) in [4.78, 5) is 11.8. The molecule has 7 heteroatoms. The Morgan fingerprint density at radius 2 is 1.86 bits per heavy atom. The Labute approximate surface area is 128 Å². The van der Waals surface area contributed by atoms with Crippen LogP contribution in [-0.2, 0) is 9.05 Å². The average molecular weight is 334 g/mol. The van der Waals surface area contributed by atoms with Crippen molar-refractivity contribution in [2.75, 3.05) is 0 Å². The third-order valence-electron chi connectivity index (χ3n) is 3.79. The number of hydrogen-bond donors (Lipinski definition) is 1. The summed E-state index contributed by atoms with van der Waals surface area (Å²) in [5, 5.41) is 2.87. The molecule has 1 aromatic rings. The fourth-order valence-corrected chi connectivity index (χ4v) is 3.43. The molecule has 1 fully saturated rings. The molecule has 0 aromatic heterocycles. The Hall–Kier alpha value is -1.14. The van der Waals surface area contributed by atoms with Gasteiger partial charge in [0.15, 0.2) is 0 Å². The van der Waals surface area contributed by atoms with E-state index in [-0.39, 0.29) is 11.1 Å². The van der Waals surface area contributed by atoms with Gasteiger partial charge in [-0.05, 0) is 38.0 Å². The molecule has 0 unspecified atom stereocenters. The maximum Gasteiger partial charge on any atom is 0.261 e. The van der Waals surface area contributed by atoms with Crippen LogP contribution in [0.25, 0.3) is 0 Å². The predicted octanol–water partition coefficient (Wildman–Crippen LogP) is 3.21. The van der Waals surface area contributed by atoms with Crippen LogP contribution in [0.1, 0.15) is 49.4 Å². The molecule has 2 rings (SSSR count). The van der Waals surface area contributed by atoms with Gasteiger partial charge in [-0.1, -0.05) is 19.3 Å². The standard InChI is InChI=1S/C14H17ClFNO3S/c1-14(5-3-2-4-6-14)17-13(18)10-7-11(16)9-12(8-10)21(15,19)20/h7-9H,2-6H2,1H3,(H,17,18). The van der Waals surface area contributed by atoms with E-state index in [0.29, 0.717) is 0 Å². The van der Waals surface area contributed by atoms with Crippen LogP contribution in [0.5, 0.6) is 0 Å². The van der Waals surface area contributed by atoms with Gasteiger partial charge in [0.05, 0.1) is 4.90 Å². The minimum Gasteiger partial charge on any atom is -0.347 e. The molecule has 0 aliphatic heterocycles. The summed E-state index contributed by atoms with van der Waals surface area (Å²) < 4.78 is 36.0. The van der Waals surface area contributed by atoms with Crippen LogP contribution in [0.15, 0.2) is 23.1 Å². The molecule has 116 valence electrons. The van der Waals surface area contributed by atoms with Gasteiger partial charge < -0.3 is 5.32 Å². The van der Waals surface area contributed by atoms with Crippen LogP contribution < -0.4 is 5.32 Å². The summed E-state index contributed by atoms with van der Waals surface area (Å²) in [6, 6.07) is 2.89. The predicted molar refractivity (Wildman–Crippen MR) is 78.4 cm³/mol. The van der Waals surface area contributed by atoms with Crippen molar-refractivity contribution < 1.29 is 17.6 Å². The Morgan fingerprint density at radius 1 is 1.24 bits per heavy atom. The average Bonchev–Trinajstić information content (AvgIpc) is 2.37. The second-order valence-corrected chi connectivity index (χ2v) is 8.25. The molecule has 0 saturated heterocycles. The van der Waals surface area contributed by atoms with Gasteiger partial charge in [-0.15, -0.1) is 0 Å². The lowest BCUT2D eigenvalue weighted by molar-refractivity contribution is 0.0882. The minimum atomic E-state index is -4.08. The Kier molecular flexibility index (Phi) is 4.58. The quantitative estimate of drug-likeness (QED) is 0.864. The zero-order valence-electron chi connectivity index (χ0n) is 11.7. The molecule has 0 spiro atoms. The van der Waals surface area contributed by atoms with Crippen LogP contribution in [0.4, 0.5) is 4.39 Å². The molecule has 1 saturated carbocycles. The fourth-order valence-electron chi connectivity index (χ4n) is 2.64. The minimum absolute atomic E-state index is 0.0407. The molecular weight excluding hydrogens is 317 g/mol. The van der Waals surface area contributed by atoms with E-state index < -0.39 is 25.7 Å². The van der Waals surface area contributed by atoms with Gasteiger partial charge in [-0.25, -0.2) is 12.8 Å². The molecule has 0 atom stereocenters. The molecular formula is C14H17ClFNO3S. The van der Waals surface area contributed by atoms with Crippen molar-refractivity contribution in [3.8, 4) is 0 Å². The summed E-state index contributed by atoms with van der Waals surface area (Å²) in [7, 11) is 1.12. The van der Waals surface area contributed by atoms with Crippen LogP contribution in [0.2, 0.25) is 0 Å². The van der Waals surface area contributed by atoms with Crippen LogP contribution in [0, 0.1) is 5.82 Å². The fraction of sp³-hybridized carbons (Fsp3) is 0.500. The summed E-state index contributed by atoms with van der Waals surface area (Å²) in [5.74, 6) is -1.30. The van der Waals surface area contributed by atoms with E-state index in [1.54, 1.807) is 0 Å². The number of nitrogens with one attached hydrogen (secondary N) is 1. The van der Waals surface area contributed by atoms with E-state index in [0.717, 1.165) is 50.3 Å². The number of hydrogen-bond acceptors (Lipinski definition) is 3. The van der Waals surface area contributed by atoms with E-state index in [9.17, 15) is 17.6 Å². The molecule has 21 heavy (non-hydrogen) atoms. The van der Waals surface area contributed by atoms with Crippen molar-refractivity contribution in [3.63, 3.8) is 0 Å². The highest BCUT2D eigenvalue weighted by molar-refractivity contribution is 8.13. The normalized spacial score (nSPS) is 18.2. The smallest absolute Gasteiger partial charge is 0.261 e. The third kappa shape index (κ3) is 4.17. The molecule has 0 radical (unpaired) electrons. The molecule has 1 amide bonds. The molecule has 0 heterocycles. The van der Waals surface area contributed by atoms with E-state index in [1.165, 1.54) is 0 Å². The second kappa shape index (κ2) is 5.93. The van der Waals surface area contributed by atoms with Gasteiger partial charge in [-0.2, -0.15) is 0 Å². The SMILES string of the molecule is CC1(NC(=O)c2cc(F)cc(S(=O)(=O)Cl)c2)CCCCC1. The number of benzene rings is 1. The van der Waals surface area contributed by atoms with E-state index in [1.807, 2.05) is 6.92 Å². The highest BCUT2D eigenvalue weighted by atomic mass is 35.7. The van der Waals surface area contributed by atoms with Crippen LogP contribution in [0.3, 0.4) is 0 Å². The summed E-state index contributed by atoms with van der Waals surface area (Å²) >= 11 is 0. The summed E-state index contributed by atoms with van der Waals surface area (Å²) in [6.07, 6.45) is 4.91. The lowest BCUT2D eigenvalue weighted by Gasteiger charge is -2.34. The molecule has 1 aliphatic carbocycles. The zero-order chi connectivity index (χ0) is 15.7. The van der Waals surface area contributed by atoms with Gasteiger partial charge in [-0.3, -0.25) is 4.79 Å². The number of carbonyl (C=O) groups excluding carboxylic acids is 1. The lowest BCUT2D eigenvalue weighted by Crippen LogP contribution is -2.47. The number of halogens is 2. The highest BCUT2D eigenvalue weighted by Gasteiger charge is 2.29. The first-order valence-electron chi connectivity index (χ1n) is 6.77. The number of rotatable bonds is 3. The van der Waals surface area contributed by atoms with Gasteiger partial charge in [0.2, 0.25) is 0 Å². The Morgan fingerprint density at radius 3 is 2.43 bits per heavy atom. The molecule has 1 aromatic carbocycles. The van der Waals surface area contributed by atoms with Crippen molar-refractivity contribution in [1.82, 2.24) is 5.32 Å².